The summed E-state index contributed by atoms with van der Waals surface area (Å²) >= 11 is 0. The van der Waals surface area contributed by atoms with Crippen molar-refractivity contribution in [1.29, 1.82) is 0 Å². The van der Waals surface area contributed by atoms with E-state index < -0.39 is 0 Å². The molecular weight excluding hydrogens is 254 g/mol. The number of carbonyl (C=O) groups is 1. The lowest BCUT2D eigenvalue weighted by atomic mass is 10.1. The molecule has 20 heavy (non-hydrogen) atoms. The minimum Gasteiger partial charge on any atom is -0.394 e. The third-order valence-corrected chi connectivity index (χ3v) is 3.04. The smallest absolute Gasteiger partial charge is 0.222 e. The summed E-state index contributed by atoms with van der Waals surface area (Å²) in [4.78, 5) is 11.8. The molecular formula is C15H19N3O2. The number of aliphatic hydroxyl groups excluding tert-OH is 1. The van der Waals surface area contributed by atoms with Gasteiger partial charge in [0.1, 0.15) is 0 Å². The molecule has 2 aromatic rings. The van der Waals surface area contributed by atoms with E-state index in [1.807, 2.05) is 42.6 Å². The van der Waals surface area contributed by atoms with Gasteiger partial charge in [-0.3, -0.25) is 9.48 Å². The molecule has 1 aromatic heterocycles. The van der Waals surface area contributed by atoms with Gasteiger partial charge in [0.05, 0.1) is 12.6 Å². The van der Waals surface area contributed by atoms with Gasteiger partial charge in [0, 0.05) is 25.4 Å². The molecule has 106 valence electrons. The molecule has 0 bridgehead atoms. The van der Waals surface area contributed by atoms with Gasteiger partial charge < -0.3 is 10.4 Å². The fraction of sp³-hybridized carbons (Fsp3) is 0.333. The van der Waals surface area contributed by atoms with Crippen molar-refractivity contribution in [3.8, 4) is 0 Å². The summed E-state index contributed by atoms with van der Waals surface area (Å²) in [5.41, 5.74) is 1.10. The van der Waals surface area contributed by atoms with Gasteiger partial charge >= 0.3 is 0 Å². The number of nitrogens with zero attached hydrogens (tertiary/aromatic N) is 2. The van der Waals surface area contributed by atoms with Crippen molar-refractivity contribution in [3.05, 3.63) is 54.4 Å². The maximum Gasteiger partial charge on any atom is 0.222 e. The summed E-state index contributed by atoms with van der Waals surface area (Å²) in [6.07, 6.45) is 4.49. The number of carbonyl (C=O) groups excluding carboxylic acids is 1. The van der Waals surface area contributed by atoms with Crippen LogP contribution >= 0.6 is 0 Å². The second-order valence-corrected chi connectivity index (χ2v) is 4.66. The topological polar surface area (TPSA) is 67.2 Å². The predicted molar refractivity (Wildman–Crippen MR) is 76.0 cm³/mol. The average Bonchev–Trinajstić information content (AvgIpc) is 2.99. The third-order valence-electron chi connectivity index (χ3n) is 3.04. The number of nitrogens with one attached hydrogen (secondary N) is 1. The standard InChI is InChI=1S/C15H19N3O2/c19-12-14(11-13-5-2-1-3-6-13)17-15(20)7-10-18-9-4-8-16-18/h1-6,8-9,14,19H,7,10-12H2,(H,17,20). The zero-order valence-corrected chi connectivity index (χ0v) is 11.3. The van der Waals surface area contributed by atoms with Gasteiger partial charge in [0.25, 0.3) is 0 Å². The maximum atomic E-state index is 11.8. The van der Waals surface area contributed by atoms with Crippen LogP contribution in [0.4, 0.5) is 0 Å². The number of rotatable bonds is 7. The van der Waals surface area contributed by atoms with Crippen LogP contribution in [0.25, 0.3) is 0 Å². The maximum absolute atomic E-state index is 11.8. The van der Waals surface area contributed by atoms with Crippen molar-refractivity contribution in [2.45, 2.75) is 25.4 Å². The number of hydrogen-bond donors (Lipinski definition) is 2. The summed E-state index contributed by atoms with van der Waals surface area (Å²) < 4.78 is 1.71. The Hall–Kier alpha value is -2.14. The third kappa shape index (κ3) is 4.51. The Balaban J connectivity index is 1.79. The Morgan fingerprint density at radius 1 is 1.30 bits per heavy atom. The van der Waals surface area contributed by atoms with Gasteiger partial charge in [-0.2, -0.15) is 5.10 Å². The highest BCUT2D eigenvalue weighted by Crippen LogP contribution is 2.03. The van der Waals surface area contributed by atoms with Crippen LogP contribution in [0.15, 0.2) is 48.8 Å². The van der Waals surface area contributed by atoms with Gasteiger partial charge in [0.2, 0.25) is 5.91 Å². The molecule has 0 saturated heterocycles. The number of amides is 1. The van der Waals surface area contributed by atoms with E-state index in [1.54, 1.807) is 10.9 Å². The van der Waals surface area contributed by atoms with Gasteiger partial charge in [-0.1, -0.05) is 30.3 Å². The predicted octanol–water partition coefficient (Wildman–Crippen LogP) is 0.993. The summed E-state index contributed by atoms with van der Waals surface area (Å²) in [6.45, 7) is 0.477. The lowest BCUT2D eigenvalue weighted by Crippen LogP contribution is -2.39. The Morgan fingerprint density at radius 2 is 2.10 bits per heavy atom. The van der Waals surface area contributed by atoms with E-state index in [2.05, 4.69) is 10.4 Å². The Kier molecular flexibility index (Phi) is 5.32. The molecule has 1 unspecified atom stereocenters. The van der Waals surface area contributed by atoms with Crippen LogP contribution in [0.5, 0.6) is 0 Å². The first kappa shape index (κ1) is 14.3. The Bertz CT molecular complexity index is 511. The lowest BCUT2D eigenvalue weighted by molar-refractivity contribution is -0.122. The van der Waals surface area contributed by atoms with Crippen LogP contribution < -0.4 is 5.32 Å². The van der Waals surface area contributed by atoms with E-state index in [9.17, 15) is 9.90 Å². The van der Waals surface area contributed by atoms with Gasteiger partial charge in [-0.25, -0.2) is 0 Å². The first-order valence-corrected chi connectivity index (χ1v) is 6.69. The largest absolute Gasteiger partial charge is 0.394 e. The molecule has 1 heterocycles. The molecule has 1 aromatic carbocycles. The van der Waals surface area contributed by atoms with Crippen LogP contribution in [-0.2, 0) is 17.8 Å². The minimum absolute atomic E-state index is 0.0671. The van der Waals surface area contributed by atoms with Gasteiger partial charge in [-0.15, -0.1) is 0 Å². The van der Waals surface area contributed by atoms with Crippen LogP contribution in [0, 0.1) is 0 Å². The molecule has 0 aliphatic rings. The summed E-state index contributed by atoms with van der Waals surface area (Å²) in [7, 11) is 0. The average molecular weight is 273 g/mol. The van der Waals surface area contributed by atoms with Gasteiger partial charge in [-0.05, 0) is 18.1 Å². The van der Waals surface area contributed by atoms with Crippen molar-refractivity contribution in [1.82, 2.24) is 15.1 Å². The highest BCUT2D eigenvalue weighted by Gasteiger charge is 2.12. The summed E-state index contributed by atoms with van der Waals surface area (Å²) in [5.74, 6) is -0.0736. The first-order valence-electron chi connectivity index (χ1n) is 6.69. The molecule has 1 atom stereocenters. The highest BCUT2D eigenvalue weighted by molar-refractivity contribution is 5.76. The van der Waals surface area contributed by atoms with Crippen LogP contribution in [0.3, 0.4) is 0 Å². The second kappa shape index (κ2) is 7.45. The van der Waals surface area contributed by atoms with E-state index in [0.717, 1.165) is 5.56 Å². The molecule has 0 aliphatic heterocycles. The normalized spacial score (nSPS) is 12.1. The molecule has 1 amide bonds. The van der Waals surface area contributed by atoms with Crippen LogP contribution in [0.1, 0.15) is 12.0 Å². The molecule has 2 rings (SSSR count). The van der Waals surface area contributed by atoms with Crippen molar-refractivity contribution in [2.24, 2.45) is 0 Å². The fourth-order valence-corrected chi connectivity index (χ4v) is 2.01. The van der Waals surface area contributed by atoms with Crippen LogP contribution in [-0.4, -0.2) is 33.4 Å². The summed E-state index contributed by atoms with van der Waals surface area (Å²) in [5, 5.41) is 16.2. The lowest BCUT2D eigenvalue weighted by Gasteiger charge is -2.16. The second-order valence-electron chi connectivity index (χ2n) is 4.66. The van der Waals surface area contributed by atoms with Gasteiger partial charge in [0.15, 0.2) is 0 Å². The zero-order chi connectivity index (χ0) is 14.2. The van der Waals surface area contributed by atoms with E-state index in [-0.39, 0.29) is 18.6 Å². The quantitative estimate of drug-likeness (QED) is 0.790. The number of hydrogen-bond acceptors (Lipinski definition) is 3. The first-order chi connectivity index (χ1) is 9.78. The molecule has 0 saturated carbocycles. The van der Waals surface area contributed by atoms with Crippen LogP contribution in [0.2, 0.25) is 0 Å². The minimum atomic E-state index is -0.248. The molecule has 0 radical (unpaired) electrons. The molecule has 0 spiro atoms. The molecule has 2 N–H and O–H groups in total. The molecule has 0 aliphatic carbocycles. The van der Waals surface area contributed by atoms with Crippen molar-refractivity contribution in [3.63, 3.8) is 0 Å². The number of aryl methyl sites for hydroxylation is 1. The number of aromatic nitrogens is 2. The highest BCUT2D eigenvalue weighted by atomic mass is 16.3. The zero-order valence-electron chi connectivity index (χ0n) is 11.3. The number of aliphatic hydroxyl groups is 1. The van der Waals surface area contributed by atoms with E-state index in [1.165, 1.54) is 0 Å². The Labute approximate surface area is 118 Å². The molecule has 5 heteroatoms. The van der Waals surface area contributed by atoms with Crippen molar-refractivity contribution in [2.75, 3.05) is 6.61 Å². The summed E-state index contributed by atoms with van der Waals surface area (Å²) in [6, 6.07) is 11.4. The molecule has 0 fully saturated rings. The number of benzene rings is 1. The van der Waals surface area contributed by atoms with E-state index >= 15 is 0 Å². The monoisotopic (exact) mass is 273 g/mol. The van der Waals surface area contributed by atoms with Crippen molar-refractivity contribution >= 4 is 5.91 Å². The molecule has 5 nitrogen and oxygen atoms in total. The Morgan fingerprint density at radius 3 is 2.75 bits per heavy atom. The van der Waals surface area contributed by atoms with Crippen molar-refractivity contribution < 1.29 is 9.90 Å². The fourth-order valence-electron chi connectivity index (χ4n) is 2.01. The van der Waals surface area contributed by atoms with E-state index in [0.29, 0.717) is 19.4 Å². The SMILES string of the molecule is O=C(CCn1cccn1)NC(CO)Cc1ccccc1. The van der Waals surface area contributed by atoms with E-state index in [4.69, 9.17) is 0 Å².